The van der Waals surface area contributed by atoms with Crippen molar-refractivity contribution in [1.82, 2.24) is 24.7 Å². The summed E-state index contributed by atoms with van der Waals surface area (Å²) in [7, 11) is 0. The molecule has 1 aromatic heterocycles. The van der Waals surface area contributed by atoms with Gasteiger partial charge in [-0.3, -0.25) is 14.3 Å². The first-order valence-corrected chi connectivity index (χ1v) is 13.0. The van der Waals surface area contributed by atoms with E-state index in [9.17, 15) is 9.18 Å². The van der Waals surface area contributed by atoms with Crippen LogP contribution in [0.5, 0.6) is 0 Å². The van der Waals surface area contributed by atoms with Gasteiger partial charge in [0.1, 0.15) is 11.6 Å². The molecule has 2 saturated heterocycles. The standard InChI is InChI=1S/C28H34F2N6O/c1-19-16-34(17-20(2)32-19)18-21-7-8-23(15-25(21)30)36-14-11-31-27(36)28(37)35-12-9-22(10-13-35)33-26-6-4-3-5-24(26)29/h3-8,11,14-15,19-20,22,32-33H,9-10,12-13,16-18H2,1-2H3/t19-,20+. The van der Waals surface area contributed by atoms with Crippen LogP contribution in [0, 0.1) is 11.6 Å². The number of halogens is 2. The number of hydrogen-bond acceptors (Lipinski definition) is 5. The van der Waals surface area contributed by atoms with Crippen LogP contribution in [0.4, 0.5) is 14.5 Å². The minimum absolute atomic E-state index is 0.0870. The summed E-state index contributed by atoms with van der Waals surface area (Å²) >= 11 is 0. The molecule has 9 heteroatoms. The van der Waals surface area contributed by atoms with Gasteiger partial charge in [-0.2, -0.15) is 0 Å². The number of piperazine rings is 1. The van der Waals surface area contributed by atoms with Crippen molar-refractivity contribution in [2.45, 2.75) is 51.4 Å². The van der Waals surface area contributed by atoms with Gasteiger partial charge >= 0.3 is 0 Å². The Labute approximate surface area is 216 Å². The number of anilines is 1. The predicted octanol–water partition coefficient (Wildman–Crippen LogP) is 4.05. The van der Waals surface area contributed by atoms with E-state index in [4.69, 9.17) is 0 Å². The molecule has 3 aromatic rings. The fourth-order valence-corrected chi connectivity index (χ4v) is 5.46. The smallest absolute Gasteiger partial charge is 0.290 e. The van der Waals surface area contributed by atoms with Crippen molar-refractivity contribution in [2.75, 3.05) is 31.5 Å². The lowest BCUT2D eigenvalue weighted by Crippen LogP contribution is -2.53. The van der Waals surface area contributed by atoms with Crippen LogP contribution in [-0.2, 0) is 6.54 Å². The van der Waals surface area contributed by atoms with Crippen molar-refractivity contribution < 1.29 is 13.6 Å². The van der Waals surface area contributed by atoms with Crippen LogP contribution in [0.1, 0.15) is 42.9 Å². The Bertz CT molecular complexity index is 1230. The van der Waals surface area contributed by atoms with E-state index in [1.54, 1.807) is 46.1 Å². The van der Waals surface area contributed by atoms with Crippen LogP contribution in [0.2, 0.25) is 0 Å². The lowest BCUT2D eigenvalue weighted by atomic mass is 10.0. The third-order valence-electron chi connectivity index (χ3n) is 7.19. The minimum atomic E-state index is -0.288. The van der Waals surface area contributed by atoms with Crippen LogP contribution in [0.15, 0.2) is 54.9 Å². The molecule has 5 rings (SSSR count). The molecule has 2 N–H and O–H groups in total. The van der Waals surface area contributed by atoms with Gasteiger partial charge in [0.15, 0.2) is 0 Å². The van der Waals surface area contributed by atoms with Gasteiger partial charge in [-0.1, -0.05) is 18.2 Å². The number of likely N-dealkylation sites (tertiary alicyclic amines) is 1. The quantitative estimate of drug-likeness (QED) is 0.526. The molecule has 37 heavy (non-hydrogen) atoms. The van der Waals surface area contributed by atoms with E-state index in [1.807, 2.05) is 6.07 Å². The zero-order chi connectivity index (χ0) is 25.9. The molecule has 7 nitrogen and oxygen atoms in total. The van der Waals surface area contributed by atoms with Crippen molar-refractivity contribution in [3.63, 3.8) is 0 Å². The molecule has 0 bridgehead atoms. The molecule has 3 heterocycles. The number of carbonyl (C=O) groups is 1. The maximum absolute atomic E-state index is 15.1. The van der Waals surface area contributed by atoms with Crippen LogP contribution >= 0.6 is 0 Å². The van der Waals surface area contributed by atoms with Crippen molar-refractivity contribution in [2.24, 2.45) is 0 Å². The number of para-hydroxylation sites is 1. The Hall–Kier alpha value is -3.30. The van der Waals surface area contributed by atoms with Gasteiger partial charge in [-0.25, -0.2) is 13.8 Å². The molecule has 2 fully saturated rings. The molecule has 0 saturated carbocycles. The SMILES string of the molecule is C[C@@H]1CN(Cc2ccc(-n3ccnc3C(=O)N3CCC(Nc4ccccc4F)CC3)cc2F)C[C@H](C)N1. The normalized spacial score (nSPS) is 21.2. The molecule has 2 atom stereocenters. The predicted molar refractivity (Wildman–Crippen MR) is 140 cm³/mol. The van der Waals surface area contributed by atoms with E-state index >= 15 is 4.39 Å². The highest BCUT2D eigenvalue weighted by atomic mass is 19.1. The van der Waals surface area contributed by atoms with Crippen molar-refractivity contribution in [3.8, 4) is 5.69 Å². The summed E-state index contributed by atoms with van der Waals surface area (Å²) in [5.41, 5.74) is 1.69. The van der Waals surface area contributed by atoms with E-state index in [-0.39, 0.29) is 29.4 Å². The first kappa shape index (κ1) is 25.4. The summed E-state index contributed by atoms with van der Waals surface area (Å²) in [5.74, 6) is -0.498. The Morgan fingerprint density at radius 1 is 1.05 bits per heavy atom. The number of carbonyl (C=O) groups excluding carboxylic acids is 1. The van der Waals surface area contributed by atoms with Crippen molar-refractivity contribution >= 4 is 11.6 Å². The highest BCUT2D eigenvalue weighted by Crippen LogP contribution is 2.22. The molecule has 2 aliphatic rings. The summed E-state index contributed by atoms with van der Waals surface area (Å²) < 4.78 is 30.7. The van der Waals surface area contributed by atoms with E-state index in [0.29, 0.717) is 61.5 Å². The molecule has 0 radical (unpaired) electrons. The maximum Gasteiger partial charge on any atom is 0.290 e. The average Bonchev–Trinajstić information content (AvgIpc) is 3.36. The zero-order valence-electron chi connectivity index (χ0n) is 21.3. The summed E-state index contributed by atoms with van der Waals surface area (Å²) in [6.45, 7) is 7.65. The Kier molecular flexibility index (Phi) is 7.53. The number of benzene rings is 2. The summed E-state index contributed by atoms with van der Waals surface area (Å²) in [5, 5.41) is 6.74. The number of piperidine rings is 1. The van der Waals surface area contributed by atoms with E-state index in [0.717, 1.165) is 13.1 Å². The fraction of sp³-hybridized carbons (Fsp3) is 0.429. The van der Waals surface area contributed by atoms with Gasteiger partial charge in [0.05, 0.1) is 11.4 Å². The number of aromatic nitrogens is 2. The van der Waals surface area contributed by atoms with Crippen LogP contribution < -0.4 is 10.6 Å². The largest absolute Gasteiger partial charge is 0.380 e. The number of imidazole rings is 1. The molecule has 0 unspecified atom stereocenters. The molecule has 2 aromatic carbocycles. The molecule has 1 amide bonds. The first-order chi connectivity index (χ1) is 17.9. The van der Waals surface area contributed by atoms with Crippen LogP contribution in [-0.4, -0.2) is 69.6 Å². The molecule has 2 aliphatic heterocycles. The van der Waals surface area contributed by atoms with E-state index in [2.05, 4.69) is 34.4 Å². The minimum Gasteiger partial charge on any atom is -0.380 e. The van der Waals surface area contributed by atoms with E-state index < -0.39 is 0 Å². The maximum atomic E-state index is 15.1. The van der Waals surface area contributed by atoms with Gasteiger partial charge in [0, 0.05) is 68.8 Å². The lowest BCUT2D eigenvalue weighted by Gasteiger charge is -2.36. The highest BCUT2D eigenvalue weighted by molar-refractivity contribution is 5.91. The molecule has 196 valence electrons. The van der Waals surface area contributed by atoms with Gasteiger partial charge in [-0.05, 0) is 51.0 Å². The van der Waals surface area contributed by atoms with Gasteiger partial charge in [-0.15, -0.1) is 0 Å². The van der Waals surface area contributed by atoms with Gasteiger partial charge in [0.2, 0.25) is 5.82 Å². The number of amides is 1. The van der Waals surface area contributed by atoms with E-state index in [1.165, 1.54) is 12.1 Å². The monoisotopic (exact) mass is 508 g/mol. The first-order valence-electron chi connectivity index (χ1n) is 13.0. The van der Waals surface area contributed by atoms with Crippen LogP contribution in [0.3, 0.4) is 0 Å². The van der Waals surface area contributed by atoms with Crippen LogP contribution in [0.25, 0.3) is 5.69 Å². The number of nitrogens with one attached hydrogen (secondary N) is 2. The number of hydrogen-bond donors (Lipinski definition) is 2. The Morgan fingerprint density at radius 3 is 2.49 bits per heavy atom. The summed E-state index contributed by atoms with van der Waals surface area (Å²) in [6.07, 6.45) is 4.66. The number of rotatable bonds is 6. The zero-order valence-corrected chi connectivity index (χ0v) is 21.3. The van der Waals surface area contributed by atoms with Gasteiger partial charge < -0.3 is 15.5 Å². The second-order valence-electron chi connectivity index (χ2n) is 10.3. The molecule has 0 spiro atoms. The van der Waals surface area contributed by atoms with Crippen molar-refractivity contribution in [3.05, 3.63) is 77.9 Å². The second kappa shape index (κ2) is 11.0. The summed E-state index contributed by atoms with van der Waals surface area (Å²) in [4.78, 5) is 21.6. The second-order valence-corrected chi connectivity index (χ2v) is 10.3. The van der Waals surface area contributed by atoms with Gasteiger partial charge in [0.25, 0.3) is 5.91 Å². The average molecular weight is 509 g/mol. The third kappa shape index (κ3) is 5.83. The lowest BCUT2D eigenvalue weighted by molar-refractivity contribution is 0.0704. The topological polar surface area (TPSA) is 65.4 Å². The molecule has 0 aliphatic carbocycles. The van der Waals surface area contributed by atoms with Crippen molar-refractivity contribution in [1.29, 1.82) is 0 Å². The fourth-order valence-electron chi connectivity index (χ4n) is 5.46. The highest BCUT2D eigenvalue weighted by Gasteiger charge is 2.27. The summed E-state index contributed by atoms with van der Waals surface area (Å²) in [6, 6.07) is 12.6. The Balaban J connectivity index is 1.23. The molecular weight excluding hydrogens is 474 g/mol. The number of nitrogens with zero attached hydrogens (tertiary/aromatic N) is 4. The Morgan fingerprint density at radius 2 is 1.78 bits per heavy atom. The molecular formula is C28H34F2N6O. The third-order valence-corrected chi connectivity index (χ3v) is 7.19.